The lowest BCUT2D eigenvalue weighted by molar-refractivity contribution is 0.0566. The number of hydrogen-bond acceptors (Lipinski definition) is 4. The lowest BCUT2D eigenvalue weighted by Gasteiger charge is -2.39. The molecule has 2 unspecified atom stereocenters. The highest BCUT2D eigenvalue weighted by Gasteiger charge is 2.33. The van der Waals surface area contributed by atoms with E-state index in [1.807, 2.05) is 0 Å². The summed E-state index contributed by atoms with van der Waals surface area (Å²) in [5.41, 5.74) is 6.44. The van der Waals surface area contributed by atoms with Gasteiger partial charge in [0.05, 0.1) is 16.7 Å². The predicted octanol–water partition coefficient (Wildman–Crippen LogP) is 3.27. The van der Waals surface area contributed by atoms with Crippen molar-refractivity contribution in [3.63, 3.8) is 0 Å². The Bertz CT molecular complexity index is 622. The van der Waals surface area contributed by atoms with Crippen LogP contribution in [0.1, 0.15) is 40.0 Å². The van der Waals surface area contributed by atoms with E-state index >= 15 is 0 Å². The molecule has 2 rings (SSSR count). The number of rotatable bonds is 3. The summed E-state index contributed by atoms with van der Waals surface area (Å²) in [5.74, 6) is 1.07. The first-order valence-corrected chi connectivity index (χ1v) is 9.23. The zero-order chi connectivity index (χ0) is 15.8. The predicted molar refractivity (Wildman–Crippen MR) is 85.2 cm³/mol. The van der Waals surface area contributed by atoms with E-state index in [9.17, 15) is 8.42 Å². The van der Waals surface area contributed by atoms with Crippen LogP contribution >= 0.6 is 0 Å². The summed E-state index contributed by atoms with van der Waals surface area (Å²) in [6.07, 6.45) is 4.37. The van der Waals surface area contributed by atoms with Gasteiger partial charge in [0.1, 0.15) is 5.75 Å². The van der Waals surface area contributed by atoms with Gasteiger partial charge >= 0.3 is 0 Å². The summed E-state index contributed by atoms with van der Waals surface area (Å²) in [6.45, 7) is 6.72. The van der Waals surface area contributed by atoms with Crippen LogP contribution in [0.25, 0.3) is 0 Å². The highest BCUT2D eigenvalue weighted by Crippen LogP contribution is 2.41. The van der Waals surface area contributed by atoms with Crippen LogP contribution in [0, 0.1) is 11.3 Å². The second-order valence-electron chi connectivity index (χ2n) is 7.09. The zero-order valence-electron chi connectivity index (χ0n) is 13.2. The highest BCUT2D eigenvalue weighted by molar-refractivity contribution is 7.90. The topological polar surface area (TPSA) is 69.4 Å². The molecule has 1 saturated carbocycles. The van der Waals surface area contributed by atoms with Gasteiger partial charge in [-0.1, -0.05) is 26.8 Å². The fourth-order valence-corrected chi connectivity index (χ4v) is 4.30. The fourth-order valence-electron chi connectivity index (χ4n) is 3.48. The van der Waals surface area contributed by atoms with Crippen LogP contribution in [-0.2, 0) is 9.84 Å². The average molecular weight is 311 g/mol. The molecular weight excluding hydrogens is 286 g/mol. The van der Waals surface area contributed by atoms with Gasteiger partial charge in [0, 0.05) is 6.26 Å². The van der Waals surface area contributed by atoms with E-state index in [-0.39, 0.29) is 22.1 Å². The SMILES string of the molecule is CC1CC(Oc2cccc(S(C)(=O)=O)c2N)CC(C)(C)C1. The molecule has 0 heterocycles. The largest absolute Gasteiger partial charge is 0.488 e. The van der Waals surface area contributed by atoms with Crippen LogP contribution in [0.4, 0.5) is 5.69 Å². The number of nitrogen functional groups attached to an aromatic ring is 1. The molecule has 0 radical (unpaired) electrons. The number of para-hydroxylation sites is 1. The average Bonchev–Trinajstić information content (AvgIpc) is 2.27. The van der Waals surface area contributed by atoms with Gasteiger partial charge in [-0.3, -0.25) is 0 Å². The maximum absolute atomic E-state index is 11.7. The highest BCUT2D eigenvalue weighted by atomic mass is 32.2. The number of benzene rings is 1. The molecule has 0 spiro atoms. The lowest BCUT2D eigenvalue weighted by atomic mass is 9.71. The van der Waals surface area contributed by atoms with Crippen molar-refractivity contribution in [3.8, 4) is 5.75 Å². The van der Waals surface area contributed by atoms with Crippen molar-refractivity contribution in [3.05, 3.63) is 18.2 Å². The molecular formula is C16H25NO3S. The summed E-state index contributed by atoms with van der Waals surface area (Å²) >= 11 is 0. The second kappa shape index (κ2) is 5.52. The molecule has 1 aromatic rings. The van der Waals surface area contributed by atoms with Gasteiger partial charge < -0.3 is 10.5 Å². The van der Waals surface area contributed by atoms with E-state index < -0.39 is 9.84 Å². The molecule has 4 nitrogen and oxygen atoms in total. The molecule has 118 valence electrons. The Kier molecular flexibility index (Phi) is 4.24. The third-order valence-corrected chi connectivity index (χ3v) is 5.22. The molecule has 0 aromatic heterocycles. The van der Waals surface area contributed by atoms with E-state index in [2.05, 4.69) is 20.8 Å². The van der Waals surface area contributed by atoms with Crippen LogP contribution in [0.2, 0.25) is 0 Å². The van der Waals surface area contributed by atoms with Gasteiger partial charge in [0.15, 0.2) is 9.84 Å². The van der Waals surface area contributed by atoms with E-state index in [0.29, 0.717) is 11.7 Å². The van der Waals surface area contributed by atoms with Crippen LogP contribution in [0.5, 0.6) is 5.75 Å². The van der Waals surface area contributed by atoms with Crippen LogP contribution in [0.3, 0.4) is 0 Å². The molecule has 1 aromatic carbocycles. The van der Waals surface area contributed by atoms with Gasteiger partial charge in [-0.05, 0) is 42.7 Å². The van der Waals surface area contributed by atoms with Crippen LogP contribution in [0.15, 0.2) is 23.1 Å². The quantitative estimate of drug-likeness (QED) is 0.870. The minimum absolute atomic E-state index is 0.0841. The Balaban J connectivity index is 2.24. The van der Waals surface area contributed by atoms with Gasteiger partial charge in [-0.2, -0.15) is 0 Å². The maximum Gasteiger partial charge on any atom is 0.177 e. The monoisotopic (exact) mass is 311 g/mol. The Labute approximate surface area is 127 Å². The smallest absolute Gasteiger partial charge is 0.177 e. The molecule has 5 heteroatoms. The summed E-state index contributed by atoms with van der Waals surface area (Å²) in [6, 6.07) is 4.95. The third kappa shape index (κ3) is 3.90. The summed E-state index contributed by atoms with van der Waals surface area (Å²) in [4.78, 5) is 0.142. The van der Waals surface area contributed by atoms with Crippen molar-refractivity contribution < 1.29 is 13.2 Å². The molecule has 1 aliphatic carbocycles. The summed E-state index contributed by atoms with van der Waals surface area (Å²) in [5, 5.41) is 0. The minimum atomic E-state index is -3.34. The molecule has 1 aliphatic rings. The first-order chi connectivity index (χ1) is 9.58. The first kappa shape index (κ1) is 16.1. The Morgan fingerprint density at radius 3 is 2.52 bits per heavy atom. The molecule has 1 fully saturated rings. The van der Waals surface area contributed by atoms with Crippen molar-refractivity contribution in [2.75, 3.05) is 12.0 Å². The second-order valence-corrected chi connectivity index (χ2v) is 9.08. The molecule has 2 atom stereocenters. The van der Waals surface area contributed by atoms with Gasteiger partial charge in [-0.25, -0.2) is 8.42 Å². The van der Waals surface area contributed by atoms with Crippen molar-refractivity contribution in [2.24, 2.45) is 11.3 Å². The number of sulfone groups is 1. The Morgan fingerprint density at radius 1 is 1.29 bits per heavy atom. The van der Waals surface area contributed by atoms with Gasteiger partial charge in [0.2, 0.25) is 0 Å². The van der Waals surface area contributed by atoms with E-state index in [0.717, 1.165) is 19.1 Å². The number of anilines is 1. The molecule has 0 bridgehead atoms. The summed E-state index contributed by atoms with van der Waals surface area (Å²) < 4.78 is 29.5. The Hall–Kier alpha value is -1.23. The zero-order valence-corrected chi connectivity index (χ0v) is 14.0. The molecule has 2 N–H and O–H groups in total. The Morgan fingerprint density at radius 2 is 1.95 bits per heavy atom. The van der Waals surface area contributed by atoms with Crippen molar-refractivity contribution in [2.45, 2.75) is 51.0 Å². The third-order valence-electron chi connectivity index (χ3n) is 4.07. The van der Waals surface area contributed by atoms with E-state index in [4.69, 9.17) is 10.5 Å². The first-order valence-electron chi connectivity index (χ1n) is 7.34. The number of hydrogen-bond donors (Lipinski definition) is 1. The fraction of sp³-hybridized carbons (Fsp3) is 0.625. The van der Waals surface area contributed by atoms with E-state index in [1.54, 1.807) is 12.1 Å². The summed E-state index contributed by atoms with van der Waals surface area (Å²) in [7, 11) is -3.34. The van der Waals surface area contributed by atoms with Gasteiger partial charge in [0.25, 0.3) is 0 Å². The van der Waals surface area contributed by atoms with Crippen LogP contribution in [-0.4, -0.2) is 20.8 Å². The van der Waals surface area contributed by atoms with Crippen LogP contribution < -0.4 is 10.5 Å². The van der Waals surface area contributed by atoms with Crippen molar-refractivity contribution in [1.82, 2.24) is 0 Å². The number of nitrogens with two attached hydrogens (primary N) is 1. The number of ether oxygens (including phenoxy) is 1. The van der Waals surface area contributed by atoms with Crippen molar-refractivity contribution >= 4 is 15.5 Å². The lowest BCUT2D eigenvalue weighted by Crippen LogP contribution is -2.34. The molecule has 0 amide bonds. The van der Waals surface area contributed by atoms with Gasteiger partial charge in [-0.15, -0.1) is 0 Å². The normalized spacial score (nSPS) is 25.5. The standard InChI is InChI=1S/C16H25NO3S/c1-11-8-12(10-16(2,3)9-11)20-13-6-5-7-14(15(13)17)21(4,18)19/h5-7,11-12H,8-10,17H2,1-4H3. The van der Waals surface area contributed by atoms with E-state index in [1.165, 1.54) is 12.5 Å². The van der Waals surface area contributed by atoms with Crippen molar-refractivity contribution in [1.29, 1.82) is 0 Å². The minimum Gasteiger partial charge on any atom is -0.488 e. The maximum atomic E-state index is 11.7. The molecule has 0 aliphatic heterocycles. The molecule has 0 saturated heterocycles. The molecule has 21 heavy (non-hydrogen) atoms.